The maximum Gasteiger partial charge on any atom is 0.258 e. The van der Waals surface area contributed by atoms with Gasteiger partial charge in [-0.15, -0.1) is 0 Å². The van der Waals surface area contributed by atoms with Gasteiger partial charge in [0.2, 0.25) is 5.28 Å². The van der Waals surface area contributed by atoms with Gasteiger partial charge >= 0.3 is 0 Å². The molecule has 2 heterocycles. The van der Waals surface area contributed by atoms with Gasteiger partial charge in [-0.05, 0) is 29.3 Å². The number of nitrogens with one attached hydrogen (secondary N) is 1. The molecule has 1 amide bonds. The summed E-state index contributed by atoms with van der Waals surface area (Å²) in [6.07, 6.45) is 2.80. The topological polar surface area (TPSA) is 67.4 Å². The minimum absolute atomic E-state index is 0.119. The van der Waals surface area contributed by atoms with Crippen molar-refractivity contribution in [2.45, 2.75) is 6.54 Å². The fourth-order valence-corrected chi connectivity index (χ4v) is 2.44. The van der Waals surface area contributed by atoms with E-state index in [1.165, 1.54) is 18.0 Å². The fourth-order valence-electron chi connectivity index (χ4n) is 2.34. The van der Waals surface area contributed by atoms with Crippen LogP contribution in [0.15, 0.2) is 36.7 Å². The molecule has 3 rings (SSSR count). The highest BCUT2D eigenvalue weighted by atomic mass is 35.5. The minimum Gasteiger partial charge on any atom is -0.379 e. The van der Waals surface area contributed by atoms with Gasteiger partial charge in [-0.2, -0.15) is 0 Å². The molecule has 0 bridgehead atoms. The summed E-state index contributed by atoms with van der Waals surface area (Å²) in [5.41, 5.74) is 2.31. The van der Waals surface area contributed by atoms with Crippen LogP contribution in [-0.4, -0.2) is 47.1 Å². The average Bonchev–Trinajstić information content (AvgIpc) is 2.58. The summed E-state index contributed by atoms with van der Waals surface area (Å²) in [7, 11) is 0. The molecule has 23 heavy (non-hydrogen) atoms. The van der Waals surface area contributed by atoms with E-state index in [4.69, 9.17) is 16.3 Å². The van der Waals surface area contributed by atoms with E-state index in [0.29, 0.717) is 5.56 Å². The van der Waals surface area contributed by atoms with Crippen LogP contribution in [0.1, 0.15) is 15.9 Å². The average molecular weight is 333 g/mol. The Hall–Kier alpha value is -2.02. The number of anilines is 1. The summed E-state index contributed by atoms with van der Waals surface area (Å²) in [5.74, 6) is -0.261. The molecule has 1 saturated heterocycles. The highest BCUT2D eigenvalue weighted by Gasteiger charge is 2.11. The first-order valence-electron chi connectivity index (χ1n) is 7.39. The molecule has 0 unspecified atom stereocenters. The number of aromatic nitrogens is 2. The highest BCUT2D eigenvalue weighted by Crippen LogP contribution is 2.13. The van der Waals surface area contributed by atoms with Gasteiger partial charge in [-0.1, -0.05) is 12.1 Å². The van der Waals surface area contributed by atoms with Crippen molar-refractivity contribution in [3.63, 3.8) is 0 Å². The lowest BCUT2D eigenvalue weighted by molar-refractivity contribution is 0.0342. The van der Waals surface area contributed by atoms with Crippen LogP contribution in [0.2, 0.25) is 5.28 Å². The van der Waals surface area contributed by atoms with E-state index >= 15 is 0 Å². The molecule has 120 valence electrons. The lowest BCUT2D eigenvalue weighted by Gasteiger charge is -2.26. The van der Waals surface area contributed by atoms with Crippen molar-refractivity contribution < 1.29 is 9.53 Å². The minimum atomic E-state index is -0.261. The molecule has 0 atom stereocenters. The van der Waals surface area contributed by atoms with Gasteiger partial charge in [0, 0.05) is 37.7 Å². The van der Waals surface area contributed by atoms with Gasteiger partial charge in [0.1, 0.15) is 0 Å². The molecule has 2 aromatic rings. The highest BCUT2D eigenvalue weighted by molar-refractivity contribution is 6.28. The Morgan fingerprint density at radius 1 is 1.17 bits per heavy atom. The van der Waals surface area contributed by atoms with Gasteiger partial charge in [-0.3, -0.25) is 9.69 Å². The van der Waals surface area contributed by atoms with Crippen molar-refractivity contribution >= 4 is 23.2 Å². The molecule has 1 aromatic carbocycles. The first-order chi connectivity index (χ1) is 11.2. The smallest absolute Gasteiger partial charge is 0.258 e. The normalized spacial score (nSPS) is 15.3. The zero-order chi connectivity index (χ0) is 16.1. The lowest BCUT2D eigenvalue weighted by atomic mass is 10.2. The number of carbonyl (C=O) groups excluding carboxylic acids is 1. The van der Waals surface area contributed by atoms with Crippen LogP contribution in [0.5, 0.6) is 0 Å². The van der Waals surface area contributed by atoms with E-state index in [0.717, 1.165) is 38.5 Å². The Morgan fingerprint density at radius 3 is 2.48 bits per heavy atom. The first-order valence-corrected chi connectivity index (χ1v) is 7.76. The maximum absolute atomic E-state index is 12.1. The Bertz CT molecular complexity index is 655. The summed E-state index contributed by atoms with van der Waals surface area (Å²) in [6, 6.07) is 7.82. The summed E-state index contributed by atoms with van der Waals surface area (Å²) >= 11 is 5.61. The molecule has 1 aliphatic rings. The van der Waals surface area contributed by atoms with E-state index in [2.05, 4.69) is 20.2 Å². The third kappa shape index (κ3) is 4.48. The van der Waals surface area contributed by atoms with Crippen molar-refractivity contribution in [3.8, 4) is 0 Å². The number of rotatable bonds is 4. The van der Waals surface area contributed by atoms with Crippen LogP contribution in [-0.2, 0) is 11.3 Å². The van der Waals surface area contributed by atoms with Crippen LogP contribution >= 0.6 is 11.6 Å². The Balaban J connectivity index is 1.58. The third-order valence-electron chi connectivity index (χ3n) is 3.60. The summed E-state index contributed by atoms with van der Waals surface area (Å²) < 4.78 is 5.34. The van der Waals surface area contributed by atoms with Crippen LogP contribution in [0.25, 0.3) is 0 Å². The van der Waals surface area contributed by atoms with Crippen molar-refractivity contribution in [2.24, 2.45) is 0 Å². The molecule has 1 aromatic heterocycles. The number of morpholine rings is 1. The fraction of sp³-hybridized carbons (Fsp3) is 0.312. The van der Waals surface area contributed by atoms with E-state index in [-0.39, 0.29) is 11.2 Å². The second-order valence-corrected chi connectivity index (χ2v) is 5.62. The summed E-state index contributed by atoms with van der Waals surface area (Å²) in [5, 5.41) is 2.93. The summed E-state index contributed by atoms with van der Waals surface area (Å²) in [4.78, 5) is 22.0. The van der Waals surface area contributed by atoms with Gasteiger partial charge < -0.3 is 10.1 Å². The van der Waals surface area contributed by atoms with E-state index in [1.54, 1.807) is 0 Å². The van der Waals surface area contributed by atoms with Crippen molar-refractivity contribution in [2.75, 3.05) is 31.6 Å². The Kier molecular flexibility index (Phi) is 5.17. The molecule has 0 aliphatic carbocycles. The van der Waals surface area contributed by atoms with Crippen LogP contribution in [0.3, 0.4) is 0 Å². The van der Waals surface area contributed by atoms with Crippen LogP contribution < -0.4 is 5.32 Å². The standard InChI is InChI=1S/C16H17ClN4O2/c17-16-18-9-13(10-19-16)15(22)20-14-3-1-12(2-4-14)11-21-5-7-23-8-6-21/h1-4,9-10H,5-8,11H2,(H,20,22). The molecule has 0 saturated carbocycles. The number of hydrogen-bond donors (Lipinski definition) is 1. The molecular formula is C16H17ClN4O2. The Morgan fingerprint density at radius 2 is 1.83 bits per heavy atom. The molecule has 1 N–H and O–H groups in total. The van der Waals surface area contributed by atoms with E-state index < -0.39 is 0 Å². The van der Waals surface area contributed by atoms with E-state index in [9.17, 15) is 4.79 Å². The lowest BCUT2D eigenvalue weighted by Crippen LogP contribution is -2.35. The van der Waals surface area contributed by atoms with Gasteiger partial charge in [0.25, 0.3) is 5.91 Å². The van der Waals surface area contributed by atoms with Crippen molar-refractivity contribution in [1.82, 2.24) is 14.9 Å². The number of amides is 1. The Labute approximate surface area is 139 Å². The molecule has 1 aliphatic heterocycles. The molecule has 6 nitrogen and oxygen atoms in total. The third-order valence-corrected chi connectivity index (χ3v) is 3.80. The first kappa shape index (κ1) is 15.9. The quantitative estimate of drug-likeness (QED) is 0.869. The monoisotopic (exact) mass is 332 g/mol. The van der Waals surface area contributed by atoms with E-state index in [1.807, 2.05) is 24.3 Å². The van der Waals surface area contributed by atoms with Crippen LogP contribution in [0, 0.1) is 0 Å². The zero-order valence-corrected chi connectivity index (χ0v) is 13.3. The molecule has 0 radical (unpaired) electrons. The maximum atomic E-state index is 12.1. The van der Waals surface area contributed by atoms with Gasteiger partial charge in [0.05, 0.1) is 18.8 Å². The van der Waals surface area contributed by atoms with Crippen molar-refractivity contribution in [3.05, 3.63) is 53.1 Å². The summed E-state index contributed by atoms with van der Waals surface area (Å²) in [6.45, 7) is 4.38. The number of benzene rings is 1. The van der Waals surface area contributed by atoms with Crippen molar-refractivity contribution in [1.29, 1.82) is 0 Å². The van der Waals surface area contributed by atoms with Gasteiger partial charge in [0.15, 0.2) is 0 Å². The van der Waals surface area contributed by atoms with Gasteiger partial charge in [-0.25, -0.2) is 9.97 Å². The molecule has 0 spiro atoms. The largest absolute Gasteiger partial charge is 0.379 e. The zero-order valence-electron chi connectivity index (χ0n) is 12.5. The number of carbonyl (C=O) groups is 1. The predicted molar refractivity (Wildman–Crippen MR) is 87.5 cm³/mol. The second kappa shape index (κ2) is 7.50. The molecular weight excluding hydrogens is 316 g/mol. The number of nitrogens with zero attached hydrogens (tertiary/aromatic N) is 3. The SMILES string of the molecule is O=C(Nc1ccc(CN2CCOCC2)cc1)c1cnc(Cl)nc1. The number of halogens is 1. The molecule has 1 fully saturated rings. The number of ether oxygens (including phenoxy) is 1. The second-order valence-electron chi connectivity index (χ2n) is 5.28. The predicted octanol–water partition coefficient (Wildman–Crippen LogP) is 2.21. The van der Waals surface area contributed by atoms with Crippen LogP contribution in [0.4, 0.5) is 5.69 Å². The number of hydrogen-bond acceptors (Lipinski definition) is 5. The molecule has 7 heteroatoms.